The molecule has 0 amide bonds. The average Bonchev–Trinajstić information content (AvgIpc) is 2.81. The lowest BCUT2D eigenvalue weighted by atomic mass is 10.1. The van der Waals surface area contributed by atoms with E-state index in [4.69, 9.17) is 11.6 Å². The van der Waals surface area contributed by atoms with Crippen molar-refractivity contribution in [2.75, 3.05) is 5.88 Å². The van der Waals surface area contributed by atoms with Crippen LogP contribution in [-0.2, 0) is 0 Å². The minimum absolute atomic E-state index is 0.00764. The molecule has 0 radical (unpaired) electrons. The summed E-state index contributed by atoms with van der Waals surface area (Å²) in [5.41, 5.74) is 3.70. The molecule has 0 aliphatic rings. The zero-order chi connectivity index (χ0) is 12.4. The average molecular weight is 265 g/mol. The van der Waals surface area contributed by atoms with Crippen LogP contribution >= 0.6 is 22.9 Å². The molecule has 1 aromatic heterocycles. The van der Waals surface area contributed by atoms with Crippen molar-refractivity contribution in [3.63, 3.8) is 0 Å². The van der Waals surface area contributed by atoms with Gasteiger partial charge in [-0.1, -0.05) is 18.2 Å². The Balaban J connectivity index is 2.37. The van der Waals surface area contributed by atoms with Gasteiger partial charge in [-0.3, -0.25) is 4.79 Å². The number of ketones is 1. The molecule has 3 heteroatoms. The molecule has 0 aliphatic carbocycles. The first-order chi connectivity index (χ1) is 8.11. The van der Waals surface area contributed by atoms with Crippen LogP contribution in [0.5, 0.6) is 0 Å². The molecule has 0 atom stereocenters. The standard InChI is InChI=1S/C14H13ClOS/c1-9-3-4-11(7-10(9)2)13-5-6-14(17-13)12(16)8-15/h3-7H,8H2,1-2H3. The van der Waals surface area contributed by atoms with E-state index in [0.29, 0.717) is 0 Å². The molecular formula is C14H13ClOS. The highest BCUT2D eigenvalue weighted by atomic mass is 35.5. The Kier molecular flexibility index (Phi) is 3.65. The molecule has 0 bridgehead atoms. The van der Waals surface area contributed by atoms with Gasteiger partial charge < -0.3 is 0 Å². The summed E-state index contributed by atoms with van der Waals surface area (Å²) in [5.74, 6) is 0.0409. The van der Waals surface area contributed by atoms with Gasteiger partial charge in [-0.2, -0.15) is 0 Å². The monoisotopic (exact) mass is 264 g/mol. The zero-order valence-electron chi connectivity index (χ0n) is 9.79. The predicted octanol–water partition coefficient (Wildman–Crippen LogP) is 4.45. The number of hydrogen-bond acceptors (Lipinski definition) is 2. The van der Waals surface area contributed by atoms with Crippen LogP contribution in [0.15, 0.2) is 30.3 Å². The van der Waals surface area contributed by atoms with E-state index in [9.17, 15) is 4.79 Å². The third kappa shape index (κ3) is 2.59. The molecule has 1 nitrogen and oxygen atoms in total. The van der Waals surface area contributed by atoms with Crippen LogP contribution in [0, 0.1) is 13.8 Å². The topological polar surface area (TPSA) is 17.1 Å². The molecule has 0 fully saturated rings. The van der Waals surface area contributed by atoms with E-state index in [1.807, 2.05) is 12.1 Å². The Morgan fingerprint density at radius 1 is 1.18 bits per heavy atom. The van der Waals surface area contributed by atoms with Gasteiger partial charge in [-0.15, -0.1) is 22.9 Å². The molecule has 2 rings (SSSR count). The second-order valence-corrected chi connectivity index (χ2v) is 5.37. The summed E-state index contributed by atoms with van der Waals surface area (Å²) < 4.78 is 0. The number of alkyl halides is 1. The van der Waals surface area contributed by atoms with Gasteiger partial charge in [0.05, 0.1) is 10.8 Å². The van der Waals surface area contributed by atoms with E-state index in [0.717, 1.165) is 15.3 Å². The number of carbonyl (C=O) groups is 1. The van der Waals surface area contributed by atoms with E-state index < -0.39 is 0 Å². The maximum Gasteiger partial charge on any atom is 0.187 e. The molecule has 0 saturated carbocycles. The Labute approximate surface area is 110 Å². The smallest absolute Gasteiger partial charge is 0.187 e. The zero-order valence-corrected chi connectivity index (χ0v) is 11.4. The van der Waals surface area contributed by atoms with Gasteiger partial charge in [-0.05, 0) is 42.7 Å². The van der Waals surface area contributed by atoms with Gasteiger partial charge in [-0.25, -0.2) is 0 Å². The maximum absolute atomic E-state index is 11.5. The number of halogens is 1. The third-order valence-corrected chi connectivity index (χ3v) is 4.21. The molecule has 1 heterocycles. The van der Waals surface area contributed by atoms with Crippen LogP contribution in [0.3, 0.4) is 0 Å². The highest BCUT2D eigenvalue weighted by Gasteiger charge is 2.09. The molecule has 88 valence electrons. The summed E-state index contributed by atoms with van der Waals surface area (Å²) in [6.45, 7) is 4.19. The number of Topliss-reactive ketones (excluding diaryl/α,β-unsaturated/α-hetero) is 1. The van der Waals surface area contributed by atoms with Gasteiger partial charge in [0.1, 0.15) is 0 Å². The summed E-state index contributed by atoms with van der Waals surface area (Å²) in [4.78, 5) is 13.3. The predicted molar refractivity (Wildman–Crippen MR) is 74.3 cm³/mol. The van der Waals surface area contributed by atoms with Crippen LogP contribution in [0.4, 0.5) is 0 Å². The highest BCUT2D eigenvalue weighted by Crippen LogP contribution is 2.29. The van der Waals surface area contributed by atoms with Gasteiger partial charge >= 0.3 is 0 Å². The first-order valence-electron chi connectivity index (χ1n) is 5.38. The summed E-state index contributed by atoms with van der Waals surface area (Å²) in [5, 5.41) is 0. The molecule has 0 spiro atoms. The third-order valence-electron chi connectivity index (χ3n) is 2.79. The summed E-state index contributed by atoms with van der Waals surface area (Å²) in [7, 11) is 0. The molecule has 17 heavy (non-hydrogen) atoms. The highest BCUT2D eigenvalue weighted by molar-refractivity contribution is 7.17. The van der Waals surface area contributed by atoms with E-state index in [-0.39, 0.29) is 11.7 Å². The molecule has 0 N–H and O–H groups in total. The molecule has 0 aliphatic heterocycles. The van der Waals surface area contributed by atoms with Crippen molar-refractivity contribution in [1.82, 2.24) is 0 Å². The van der Waals surface area contributed by atoms with E-state index in [1.165, 1.54) is 22.5 Å². The number of aryl methyl sites for hydroxylation is 2. The molecule has 0 unspecified atom stereocenters. The first-order valence-corrected chi connectivity index (χ1v) is 6.73. The SMILES string of the molecule is Cc1ccc(-c2ccc(C(=O)CCl)s2)cc1C. The fraction of sp³-hybridized carbons (Fsp3) is 0.214. The Hall–Kier alpha value is -1.12. The van der Waals surface area contributed by atoms with Gasteiger partial charge in [0, 0.05) is 4.88 Å². The van der Waals surface area contributed by atoms with Crippen molar-refractivity contribution in [1.29, 1.82) is 0 Å². The van der Waals surface area contributed by atoms with E-state index in [1.54, 1.807) is 0 Å². The maximum atomic E-state index is 11.5. The van der Waals surface area contributed by atoms with Crippen molar-refractivity contribution in [3.8, 4) is 10.4 Å². The fourth-order valence-corrected chi connectivity index (χ4v) is 2.77. The van der Waals surface area contributed by atoms with Gasteiger partial charge in [0.25, 0.3) is 0 Å². The Bertz CT molecular complexity index is 557. The molecule has 2 aromatic rings. The first kappa shape index (κ1) is 12.3. The molecular weight excluding hydrogens is 252 g/mol. The van der Waals surface area contributed by atoms with E-state index in [2.05, 4.69) is 32.0 Å². The van der Waals surface area contributed by atoms with Gasteiger partial charge in [0.2, 0.25) is 0 Å². The summed E-state index contributed by atoms with van der Waals surface area (Å²) in [6, 6.07) is 10.2. The number of rotatable bonds is 3. The number of benzene rings is 1. The quantitative estimate of drug-likeness (QED) is 0.591. The second kappa shape index (κ2) is 5.03. The van der Waals surface area contributed by atoms with Crippen LogP contribution in [0.2, 0.25) is 0 Å². The van der Waals surface area contributed by atoms with Crippen molar-refractivity contribution in [2.24, 2.45) is 0 Å². The van der Waals surface area contributed by atoms with Crippen molar-refractivity contribution in [2.45, 2.75) is 13.8 Å². The minimum atomic E-state index is -0.00764. The van der Waals surface area contributed by atoms with Gasteiger partial charge in [0.15, 0.2) is 5.78 Å². The molecule has 1 aromatic carbocycles. The van der Waals surface area contributed by atoms with Crippen molar-refractivity contribution >= 4 is 28.7 Å². The van der Waals surface area contributed by atoms with Crippen LogP contribution in [0.1, 0.15) is 20.8 Å². The lowest BCUT2D eigenvalue weighted by molar-refractivity contribution is 0.102. The Morgan fingerprint density at radius 2 is 1.94 bits per heavy atom. The van der Waals surface area contributed by atoms with Crippen LogP contribution < -0.4 is 0 Å². The van der Waals surface area contributed by atoms with Crippen LogP contribution in [-0.4, -0.2) is 11.7 Å². The normalized spacial score (nSPS) is 10.5. The van der Waals surface area contributed by atoms with E-state index >= 15 is 0 Å². The Morgan fingerprint density at radius 3 is 2.59 bits per heavy atom. The number of hydrogen-bond donors (Lipinski definition) is 0. The largest absolute Gasteiger partial charge is 0.292 e. The van der Waals surface area contributed by atoms with Crippen molar-refractivity contribution < 1.29 is 4.79 Å². The number of thiophene rings is 1. The second-order valence-electron chi connectivity index (χ2n) is 4.02. The fourth-order valence-electron chi connectivity index (χ4n) is 1.60. The molecule has 0 saturated heterocycles. The number of carbonyl (C=O) groups excluding carboxylic acids is 1. The van der Waals surface area contributed by atoms with Crippen LogP contribution in [0.25, 0.3) is 10.4 Å². The lowest BCUT2D eigenvalue weighted by Crippen LogP contribution is -1.95. The minimum Gasteiger partial charge on any atom is -0.292 e. The van der Waals surface area contributed by atoms with Crippen molar-refractivity contribution in [3.05, 3.63) is 46.3 Å². The summed E-state index contributed by atoms with van der Waals surface area (Å²) in [6.07, 6.45) is 0. The lowest BCUT2D eigenvalue weighted by Gasteiger charge is -2.02. The summed E-state index contributed by atoms with van der Waals surface area (Å²) >= 11 is 7.04.